The molecule has 4 N–H and O–H groups in total. The molecular weight excluding hydrogens is 519 g/mol. The molecule has 204 valence electrons. The summed E-state index contributed by atoms with van der Waals surface area (Å²) in [5, 5.41) is 9.46. The number of carbonyl (C=O) groups is 3. The molecular formula is C25H24F3N7O4. The van der Waals surface area contributed by atoms with Gasteiger partial charge in [-0.05, 0) is 49.4 Å². The lowest BCUT2D eigenvalue weighted by atomic mass is 10.0. The molecule has 3 aromatic rings. The van der Waals surface area contributed by atoms with Gasteiger partial charge in [0.2, 0.25) is 5.91 Å². The summed E-state index contributed by atoms with van der Waals surface area (Å²) in [4.78, 5) is 43.7. The number of nitrogens with zero attached hydrogens (tertiary/aromatic N) is 4. The molecule has 2 fully saturated rings. The fraction of sp³-hybridized carbons (Fsp3) is 0.400. The molecule has 0 radical (unpaired) electrons. The smallest absolute Gasteiger partial charge is 0.405 e. The Morgan fingerprint density at radius 3 is 2.72 bits per heavy atom. The van der Waals surface area contributed by atoms with E-state index < -0.39 is 30.0 Å². The monoisotopic (exact) mass is 543 g/mol. The van der Waals surface area contributed by atoms with Crippen molar-refractivity contribution in [2.45, 2.75) is 51.2 Å². The summed E-state index contributed by atoms with van der Waals surface area (Å²) in [5.74, 6) is -1.64. The molecule has 1 aromatic carbocycles. The molecule has 3 amide bonds. The lowest BCUT2D eigenvalue weighted by molar-refractivity contribution is -0.274. The molecule has 14 heteroatoms. The number of fused-ring (bicyclic) bond motifs is 2. The number of anilines is 1. The van der Waals surface area contributed by atoms with Crippen molar-refractivity contribution >= 4 is 29.2 Å². The number of amides is 3. The van der Waals surface area contributed by atoms with E-state index >= 15 is 0 Å². The van der Waals surface area contributed by atoms with Gasteiger partial charge < -0.3 is 26.0 Å². The van der Waals surface area contributed by atoms with Crippen LogP contribution in [0.3, 0.4) is 0 Å². The van der Waals surface area contributed by atoms with Gasteiger partial charge in [0, 0.05) is 37.3 Å². The third-order valence-corrected chi connectivity index (χ3v) is 7.37. The normalized spacial score (nSPS) is 19.8. The lowest BCUT2D eigenvalue weighted by Gasteiger charge is -2.24. The molecule has 11 nitrogen and oxygen atoms in total. The van der Waals surface area contributed by atoms with Crippen molar-refractivity contribution in [2.24, 2.45) is 5.92 Å². The van der Waals surface area contributed by atoms with E-state index in [1.807, 2.05) is 6.92 Å². The first-order valence-corrected chi connectivity index (χ1v) is 12.4. The quantitative estimate of drug-likeness (QED) is 0.433. The molecule has 1 saturated heterocycles. The second-order valence-electron chi connectivity index (χ2n) is 10.1. The maximum atomic E-state index is 13.4. The van der Waals surface area contributed by atoms with Gasteiger partial charge in [0.1, 0.15) is 11.3 Å². The van der Waals surface area contributed by atoms with E-state index in [-0.39, 0.29) is 65.3 Å². The van der Waals surface area contributed by atoms with Gasteiger partial charge in [-0.3, -0.25) is 14.4 Å². The minimum Gasteiger partial charge on any atom is -0.405 e. The third-order valence-electron chi connectivity index (χ3n) is 7.37. The fourth-order valence-electron chi connectivity index (χ4n) is 5.24. The maximum absolute atomic E-state index is 13.4. The van der Waals surface area contributed by atoms with Gasteiger partial charge >= 0.3 is 6.36 Å². The Hall–Kier alpha value is -4.36. The topological polar surface area (TPSA) is 144 Å². The summed E-state index contributed by atoms with van der Waals surface area (Å²) >= 11 is 0. The van der Waals surface area contributed by atoms with E-state index in [0.29, 0.717) is 11.5 Å². The standard InChI is InChI=1S/C25H24F3N7O4/c1-11(12-2-3-12)34-10-14-6-13(7-17(19(14)24(34)38)39-25(26,27)28)16-4-5-35-22(32-16)20(21(29)33-35)23(37)31-15-8-18(36)30-9-15/h4-7,11-12,15H,2-3,8-10H2,1H3,(H2,29,33)(H,30,36)(H,31,37)/t11-,15+/m0/s1. The van der Waals surface area contributed by atoms with Crippen LogP contribution in [0.4, 0.5) is 19.0 Å². The van der Waals surface area contributed by atoms with E-state index in [2.05, 4.69) is 25.5 Å². The van der Waals surface area contributed by atoms with Crippen LogP contribution in [0.25, 0.3) is 16.9 Å². The van der Waals surface area contributed by atoms with Crippen LogP contribution in [0.1, 0.15) is 52.5 Å². The number of aromatic nitrogens is 3. The summed E-state index contributed by atoms with van der Waals surface area (Å²) in [6, 6.07) is 3.72. The SMILES string of the molecule is C[C@@H](C1CC1)N1Cc2cc(-c3ccn4nc(N)c(C(=O)N[C@H]5CNC(=O)C5)c4n3)cc(OC(F)(F)F)c2C1=O. The molecule has 6 rings (SSSR count). The number of hydrogen-bond acceptors (Lipinski definition) is 7. The number of alkyl halides is 3. The number of nitrogens with one attached hydrogen (secondary N) is 2. The highest BCUT2D eigenvalue weighted by atomic mass is 19.4. The molecule has 0 unspecified atom stereocenters. The molecule has 2 atom stereocenters. The van der Waals surface area contributed by atoms with Crippen molar-refractivity contribution in [3.8, 4) is 17.0 Å². The van der Waals surface area contributed by atoms with Crippen LogP contribution in [0.15, 0.2) is 24.4 Å². The largest absolute Gasteiger partial charge is 0.573 e. The molecule has 4 heterocycles. The van der Waals surface area contributed by atoms with E-state index in [1.165, 1.54) is 16.8 Å². The van der Waals surface area contributed by atoms with Crippen molar-refractivity contribution < 1.29 is 32.3 Å². The zero-order chi connectivity index (χ0) is 27.6. The number of hydrogen-bond donors (Lipinski definition) is 3. The molecule has 0 spiro atoms. The average Bonchev–Trinajstić information content (AvgIpc) is 3.43. The summed E-state index contributed by atoms with van der Waals surface area (Å²) < 4.78 is 45.6. The summed E-state index contributed by atoms with van der Waals surface area (Å²) in [6.07, 6.45) is -1.47. The molecule has 1 aliphatic carbocycles. The van der Waals surface area contributed by atoms with Crippen molar-refractivity contribution in [3.63, 3.8) is 0 Å². The van der Waals surface area contributed by atoms with Gasteiger partial charge in [-0.15, -0.1) is 18.3 Å². The van der Waals surface area contributed by atoms with Crippen LogP contribution in [-0.2, 0) is 11.3 Å². The third kappa shape index (κ3) is 4.59. The Bertz CT molecular complexity index is 1530. The van der Waals surface area contributed by atoms with E-state index in [0.717, 1.165) is 18.9 Å². The van der Waals surface area contributed by atoms with Gasteiger partial charge in [0.25, 0.3) is 11.8 Å². The van der Waals surface area contributed by atoms with Crippen LogP contribution in [0.5, 0.6) is 5.75 Å². The highest BCUT2D eigenvalue weighted by Crippen LogP contribution is 2.42. The molecule has 2 aliphatic heterocycles. The van der Waals surface area contributed by atoms with Crippen LogP contribution < -0.4 is 21.1 Å². The van der Waals surface area contributed by atoms with Crippen molar-refractivity contribution in [3.05, 3.63) is 41.1 Å². The number of rotatable bonds is 6. The summed E-state index contributed by atoms with van der Waals surface area (Å²) in [6.45, 7) is 2.32. The van der Waals surface area contributed by atoms with Gasteiger partial charge in [-0.25, -0.2) is 9.50 Å². The number of nitrogen functional groups attached to an aromatic ring is 1. The van der Waals surface area contributed by atoms with E-state index in [1.54, 1.807) is 11.0 Å². The van der Waals surface area contributed by atoms with Crippen molar-refractivity contribution in [1.29, 1.82) is 0 Å². The van der Waals surface area contributed by atoms with Gasteiger partial charge in [0.15, 0.2) is 11.5 Å². The predicted octanol–water partition coefficient (Wildman–Crippen LogP) is 2.25. The second-order valence-corrected chi connectivity index (χ2v) is 10.1. The highest BCUT2D eigenvalue weighted by Gasteiger charge is 2.42. The zero-order valence-electron chi connectivity index (χ0n) is 20.7. The predicted molar refractivity (Wildman–Crippen MR) is 130 cm³/mol. The first-order chi connectivity index (χ1) is 18.5. The second kappa shape index (κ2) is 8.85. The van der Waals surface area contributed by atoms with Crippen LogP contribution in [-0.4, -0.2) is 62.2 Å². The Morgan fingerprint density at radius 1 is 1.28 bits per heavy atom. The van der Waals surface area contributed by atoms with Crippen molar-refractivity contribution in [1.82, 2.24) is 30.1 Å². The zero-order valence-corrected chi connectivity index (χ0v) is 20.7. The maximum Gasteiger partial charge on any atom is 0.573 e. The summed E-state index contributed by atoms with van der Waals surface area (Å²) in [5.41, 5.74) is 6.83. The Balaban J connectivity index is 1.39. The number of nitrogens with two attached hydrogens (primary N) is 1. The Morgan fingerprint density at radius 2 is 2.05 bits per heavy atom. The average molecular weight is 544 g/mol. The van der Waals surface area contributed by atoms with Crippen LogP contribution >= 0.6 is 0 Å². The van der Waals surface area contributed by atoms with E-state index in [9.17, 15) is 27.6 Å². The highest BCUT2D eigenvalue weighted by molar-refractivity contribution is 6.05. The van der Waals surface area contributed by atoms with Gasteiger partial charge in [0.05, 0.1) is 17.3 Å². The first kappa shape index (κ1) is 24.9. The molecule has 39 heavy (non-hydrogen) atoms. The summed E-state index contributed by atoms with van der Waals surface area (Å²) in [7, 11) is 0. The van der Waals surface area contributed by atoms with Crippen LogP contribution in [0, 0.1) is 5.92 Å². The van der Waals surface area contributed by atoms with Crippen LogP contribution in [0.2, 0.25) is 0 Å². The number of halogens is 3. The van der Waals surface area contributed by atoms with Crippen molar-refractivity contribution in [2.75, 3.05) is 12.3 Å². The van der Waals surface area contributed by atoms with Gasteiger partial charge in [-0.2, -0.15) is 0 Å². The number of carbonyl (C=O) groups excluding carboxylic acids is 3. The Labute approximate surface area is 219 Å². The molecule has 2 aromatic heterocycles. The minimum atomic E-state index is -5.01. The molecule has 1 saturated carbocycles. The Kier molecular flexibility index (Phi) is 5.66. The van der Waals surface area contributed by atoms with E-state index in [4.69, 9.17) is 5.73 Å². The minimum absolute atomic E-state index is 0.0243. The fourth-order valence-corrected chi connectivity index (χ4v) is 5.24. The number of benzene rings is 1. The number of ether oxygens (including phenoxy) is 1. The molecule has 3 aliphatic rings. The first-order valence-electron chi connectivity index (χ1n) is 12.4. The van der Waals surface area contributed by atoms with Gasteiger partial charge in [-0.1, -0.05) is 0 Å². The molecule has 0 bridgehead atoms. The lowest BCUT2D eigenvalue weighted by Crippen LogP contribution is -2.36.